The third-order valence-electron chi connectivity index (χ3n) is 4.09. The Morgan fingerprint density at radius 3 is 2.40 bits per heavy atom. The van der Waals surface area contributed by atoms with Gasteiger partial charge in [0.05, 0.1) is 0 Å². The Hall–Kier alpha value is -1.04. The molecule has 0 amide bonds. The first-order valence-electron chi connectivity index (χ1n) is 7.46. The van der Waals surface area contributed by atoms with Crippen LogP contribution in [0.4, 0.5) is 0 Å². The molecule has 2 rings (SSSR count). The second-order valence-corrected chi connectivity index (χ2v) is 5.56. The molecule has 4 nitrogen and oxygen atoms in total. The first-order chi connectivity index (χ1) is 9.66. The van der Waals surface area contributed by atoms with Crippen LogP contribution >= 0.6 is 0 Å². The van der Waals surface area contributed by atoms with E-state index in [2.05, 4.69) is 11.9 Å². The predicted molar refractivity (Wildman–Crippen MR) is 81.3 cm³/mol. The Kier molecular flexibility index (Phi) is 5.89. The molecule has 1 saturated carbocycles. The van der Waals surface area contributed by atoms with Crippen molar-refractivity contribution >= 4 is 12.6 Å². The van der Waals surface area contributed by atoms with Gasteiger partial charge >= 0.3 is 7.12 Å². The summed E-state index contributed by atoms with van der Waals surface area (Å²) in [5, 5.41) is 18.0. The van der Waals surface area contributed by atoms with Gasteiger partial charge < -0.3 is 19.7 Å². The smallest absolute Gasteiger partial charge is 0.488 e. The molecular weight excluding hydrogens is 253 g/mol. The third-order valence-corrected chi connectivity index (χ3v) is 4.09. The summed E-state index contributed by atoms with van der Waals surface area (Å²) in [7, 11) is 0.756. The minimum Gasteiger partial charge on any atom is -0.492 e. The molecule has 0 aromatic heterocycles. The van der Waals surface area contributed by atoms with Crippen LogP contribution in [0.25, 0.3) is 0 Å². The molecule has 1 aliphatic carbocycles. The summed E-state index contributed by atoms with van der Waals surface area (Å²) < 4.78 is 5.70. The van der Waals surface area contributed by atoms with E-state index in [4.69, 9.17) is 14.8 Å². The lowest BCUT2D eigenvalue weighted by atomic mass is 9.80. The van der Waals surface area contributed by atoms with E-state index < -0.39 is 7.12 Å². The second-order valence-electron chi connectivity index (χ2n) is 5.56. The van der Waals surface area contributed by atoms with Gasteiger partial charge in [-0.2, -0.15) is 0 Å². The van der Waals surface area contributed by atoms with Gasteiger partial charge in [0.1, 0.15) is 12.4 Å². The molecule has 1 aromatic carbocycles. The van der Waals surface area contributed by atoms with Gasteiger partial charge in [0.15, 0.2) is 0 Å². The lowest BCUT2D eigenvalue weighted by Gasteiger charge is -2.31. The Morgan fingerprint density at radius 2 is 1.80 bits per heavy atom. The van der Waals surface area contributed by atoms with Crippen LogP contribution < -0.4 is 10.2 Å². The maximum absolute atomic E-state index is 9.02. The lowest BCUT2D eigenvalue weighted by Crippen LogP contribution is -2.36. The van der Waals surface area contributed by atoms with Crippen molar-refractivity contribution in [1.82, 2.24) is 4.90 Å². The zero-order chi connectivity index (χ0) is 14.4. The van der Waals surface area contributed by atoms with Gasteiger partial charge in [-0.3, -0.25) is 0 Å². The first kappa shape index (κ1) is 15.4. The molecule has 0 aliphatic heterocycles. The van der Waals surface area contributed by atoms with Crippen LogP contribution in [0.3, 0.4) is 0 Å². The SMILES string of the molecule is CN(CCOc1ccc(B(O)O)cc1)C1CCCCC1. The van der Waals surface area contributed by atoms with E-state index in [1.165, 1.54) is 32.1 Å². The molecule has 1 aliphatic rings. The number of hydrogen-bond donors (Lipinski definition) is 2. The van der Waals surface area contributed by atoms with Gasteiger partial charge in [-0.1, -0.05) is 31.4 Å². The summed E-state index contributed by atoms with van der Waals surface area (Å²) in [5.74, 6) is 0.770. The van der Waals surface area contributed by atoms with E-state index in [1.807, 2.05) is 0 Å². The average Bonchev–Trinajstić information content (AvgIpc) is 2.48. The summed E-state index contributed by atoms with van der Waals surface area (Å²) in [6, 6.07) is 7.60. The standard InChI is InChI=1S/C15H24BNO3/c1-17(14-5-3-2-4-6-14)11-12-20-15-9-7-13(8-10-15)16(18)19/h7-10,14,18-19H,2-6,11-12H2,1H3. The molecule has 0 bridgehead atoms. The molecule has 5 heteroatoms. The number of rotatable bonds is 6. The molecule has 2 N–H and O–H groups in total. The van der Waals surface area contributed by atoms with E-state index in [1.54, 1.807) is 24.3 Å². The normalized spacial score (nSPS) is 16.4. The molecule has 0 spiro atoms. The molecule has 0 unspecified atom stereocenters. The van der Waals surface area contributed by atoms with Crippen LogP contribution in [0.1, 0.15) is 32.1 Å². The van der Waals surface area contributed by atoms with Crippen LogP contribution in [-0.2, 0) is 0 Å². The van der Waals surface area contributed by atoms with Gasteiger partial charge in [0.25, 0.3) is 0 Å². The van der Waals surface area contributed by atoms with Crippen molar-refractivity contribution < 1.29 is 14.8 Å². The highest BCUT2D eigenvalue weighted by Crippen LogP contribution is 2.21. The Labute approximate surface area is 121 Å². The van der Waals surface area contributed by atoms with Gasteiger partial charge in [-0.25, -0.2) is 0 Å². The highest BCUT2D eigenvalue weighted by molar-refractivity contribution is 6.58. The third kappa shape index (κ3) is 4.51. The molecule has 0 saturated heterocycles. The monoisotopic (exact) mass is 277 g/mol. The van der Waals surface area contributed by atoms with Gasteiger partial charge in [-0.05, 0) is 37.5 Å². The van der Waals surface area contributed by atoms with Crippen molar-refractivity contribution in [2.24, 2.45) is 0 Å². The zero-order valence-electron chi connectivity index (χ0n) is 12.2. The minimum absolute atomic E-state index is 0.483. The fourth-order valence-corrected chi connectivity index (χ4v) is 2.75. The van der Waals surface area contributed by atoms with Crippen LogP contribution in [-0.4, -0.2) is 48.3 Å². The van der Waals surface area contributed by atoms with E-state index >= 15 is 0 Å². The summed E-state index contributed by atoms with van der Waals surface area (Å²) in [6.45, 7) is 1.59. The number of nitrogens with zero attached hydrogens (tertiary/aromatic N) is 1. The number of ether oxygens (including phenoxy) is 1. The summed E-state index contributed by atoms with van der Waals surface area (Å²) in [6.07, 6.45) is 6.69. The average molecular weight is 277 g/mol. The van der Waals surface area contributed by atoms with Crippen LogP contribution in [0.15, 0.2) is 24.3 Å². The summed E-state index contributed by atoms with van der Waals surface area (Å²) >= 11 is 0. The maximum atomic E-state index is 9.02. The fourth-order valence-electron chi connectivity index (χ4n) is 2.75. The Bertz CT molecular complexity index is 391. The quantitative estimate of drug-likeness (QED) is 0.762. The van der Waals surface area contributed by atoms with Crippen LogP contribution in [0, 0.1) is 0 Å². The van der Waals surface area contributed by atoms with Crippen molar-refractivity contribution in [2.45, 2.75) is 38.1 Å². The van der Waals surface area contributed by atoms with Crippen molar-refractivity contribution in [3.8, 4) is 5.75 Å². The Balaban J connectivity index is 1.72. The minimum atomic E-state index is -1.42. The highest BCUT2D eigenvalue weighted by Gasteiger charge is 2.17. The fraction of sp³-hybridized carbons (Fsp3) is 0.600. The predicted octanol–water partition coefficient (Wildman–Crippen LogP) is 1.01. The summed E-state index contributed by atoms with van der Waals surface area (Å²) in [5.41, 5.74) is 0.483. The molecular formula is C15H24BNO3. The van der Waals surface area contributed by atoms with Crippen LogP contribution in [0.5, 0.6) is 5.75 Å². The van der Waals surface area contributed by atoms with Gasteiger partial charge in [0.2, 0.25) is 0 Å². The number of benzene rings is 1. The Morgan fingerprint density at radius 1 is 1.15 bits per heavy atom. The van der Waals surface area contributed by atoms with Crippen LogP contribution in [0.2, 0.25) is 0 Å². The van der Waals surface area contributed by atoms with Gasteiger partial charge in [-0.15, -0.1) is 0 Å². The van der Waals surface area contributed by atoms with Crippen molar-refractivity contribution in [2.75, 3.05) is 20.2 Å². The van der Waals surface area contributed by atoms with Gasteiger partial charge in [0, 0.05) is 12.6 Å². The molecule has 1 fully saturated rings. The molecule has 0 radical (unpaired) electrons. The topological polar surface area (TPSA) is 52.9 Å². The highest BCUT2D eigenvalue weighted by atomic mass is 16.5. The molecule has 0 heterocycles. The van der Waals surface area contributed by atoms with E-state index in [9.17, 15) is 0 Å². The molecule has 0 atom stereocenters. The van der Waals surface area contributed by atoms with E-state index in [0.717, 1.165) is 12.3 Å². The second kappa shape index (κ2) is 7.67. The number of likely N-dealkylation sites (N-methyl/N-ethyl adjacent to an activating group) is 1. The molecule has 1 aromatic rings. The maximum Gasteiger partial charge on any atom is 0.488 e. The largest absolute Gasteiger partial charge is 0.492 e. The van der Waals surface area contributed by atoms with E-state index in [-0.39, 0.29) is 0 Å². The van der Waals surface area contributed by atoms with Crippen molar-refractivity contribution in [3.05, 3.63) is 24.3 Å². The molecule has 110 valence electrons. The zero-order valence-corrected chi connectivity index (χ0v) is 12.2. The summed E-state index contributed by atoms with van der Waals surface area (Å²) in [4.78, 5) is 2.39. The lowest BCUT2D eigenvalue weighted by molar-refractivity contribution is 0.160. The van der Waals surface area contributed by atoms with E-state index in [0.29, 0.717) is 18.1 Å². The molecule has 20 heavy (non-hydrogen) atoms. The number of hydrogen-bond acceptors (Lipinski definition) is 4. The van der Waals surface area contributed by atoms with Crippen molar-refractivity contribution in [1.29, 1.82) is 0 Å². The first-order valence-corrected chi connectivity index (χ1v) is 7.46. The van der Waals surface area contributed by atoms with Crippen molar-refractivity contribution in [3.63, 3.8) is 0 Å².